The minimum Gasteiger partial charge on any atom is -0.346 e. The summed E-state index contributed by atoms with van der Waals surface area (Å²) in [6, 6.07) is 17.2. The summed E-state index contributed by atoms with van der Waals surface area (Å²) < 4.78 is 0. The SMILES string of the molecule is O=C1c2ccccc2N2CCc3ccccc3C2N1C1CCCCC1. The van der Waals surface area contributed by atoms with E-state index in [0.717, 1.165) is 37.1 Å². The molecular formula is C22H24N2O. The fraction of sp³-hybridized carbons (Fsp3) is 0.409. The molecule has 2 heterocycles. The van der Waals surface area contributed by atoms with Crippen LogP contribution in [0.5, 0.6) is 0 Å². The summed E-state index contributed by atoms with van der Waals surface area (Å²) in [5.74, 6) is 0.223. The summed E-state index contributed by atoms with van der Waals surface area (Å²) in [6.45, 7) is 0.981. The van der Waals surface area contributed by atoms with Crippen molar-refractivity contribution in [3.63, 3.8) is 0 Å². The molecule has 1 aliphatic carbocycles. The second kappa shape index (κ2) is 5.91. The van der Waals surface area contributed by atoms with Crippen molar-refractivity contribution < 1.29 is 4.79 Å². The third-order valence-corrected chi connectivity index (χ3v) is 6.16. The number of carbonyl (C=O) groups excluding carboxylic acids is 1. The molecule has 1 atom stereocenters. The second-order valence-electron chi connectivity index (χ2n) is 7.54. The van der Waals surface area contributed by atoms with Gasteiger partial charge in [-0.25, -0.2) is 0 Å². The van der Waals surface area contributed by atoms with Gasteiger partial charge in [0.15, 0.2) is 0 Å². The van der Waals surface area contributed by atoms with E-state index in [1.54, 1.807) is 0 Å². The van der Waals surface area contributed by atoms with Crippen molar-refractivity contribution in [2.45, 2.75) is 50.7 Å². The lowest BCUT2D eigenvalue weighted by molar-refractivity contribution is 0.0463. The van der Waals surface area contributed by atoms with Crippen LogP contribution in [-0.2, 0) is 6.42 Å². The van der Waals surface area contributed by atoms with E-state index in [4.69, 9.17) is 0 Å². The molecule has 3 nitrogen and oxygen atoms in total. The maximum absolute atomic E-state index is 13.5. The van der Waals surface area contributed by atoms with Crippen LogP contribution in [0.4, 0.5) is 5.69 Å². The van der Waals surface area contributed by atoms with Gasteiger partial charge >= 0.3 is 0 Å². The third kappa shape index (κ3) is 2.29. The van der Waals surface area contributed by atoms with Gasteiger partial charge in [-0.2, -0.15) is 0 Å². The zero-order valence-electron chi connectivity index (χ0n) is 14.5. The Morgan fingerprint density at radius 1 is 0.880 bits per heavy atom. The topological polar surface area (TPSA) is 23.6 Å². The van der Waals surface area contributed by atoms with Crippen LogP contribution in [-0.4, -0.2) is 23.4 Å². The van der Waals surface area contributed by atoms with Gasteiger partial charge in [0.25, 0.3) is 5.91 Å². The van der Waals surface area contributed by atoms with Gasteiger partial charge < -0.3 is 9.80 Å². The number of hydrogen-bond acceptors (Lipinski definition) is 2. The number of nitrogens with zero attached hydrogens (tertiary/aromatic N) is 2. The molecule has 0 spiro atoms. The summed E-state index contributed by atoms with van der Waals surface area (Å²) in [5, 5.41) is 0. The first-order chi connectivity index (χ1) is 12.3. The zero-order chi connectivity index (χ0) is 16.8. The Balaban J connectivity index is 1.68. The van der Waals surface area contributed by atoms with Crippen LogP contribution in [0.2, 0.25) is 0 Å². The highest BCUT2D eigenvalue weighted by Gasteiger charge is 2.44. The van der Waals surface area contributed by atoms with E-state index in [0.29, 0.717) is 6.04 Å². The Morgan fingerprint density at radius 3 is 2.52 bits per heavy atom. The molecule has 0 aromatic heterocycles. The Labute approximate surface area is 149 Å². The average molecular weight is 332 g/mol. The highest BCUT2D eigenvalue weighted by atomic mass is 16.2. The number of fused-ring (bicyclic) bond motifs is 5. The van der Waals surface area contributed by atoms with Gasteiger partial charge in [-0.3, -0.25) is 4.79 Å². The molecule has 1 fully saturated rings. The fourth-order valence-corrected chi connectivity index (χ4v) is 4.98. The molecule has 0 saturated heterocycles. The van der Waals surface area contributed by atoms with Crippen LogP contribution in [0.25, 0.3) is 0 Å². The molecule has 0 radical (unpaired) electrons. The predicted molar refractivity (Wildman–Crippen MR) is 99.7 cm³/mol. The van der Waals surface area contributed by atoms with Gasteiger partial charge in [-0.15, -0.1) is 0 Å². The van der Waals surface area contributed by atoms with E-state index in [-0.39, 0.29) is 12.1 Å². The van der Waals surface area contributed by atoms with Crippen LogP contribution in [0, 0.1) is 0 Å². The Morgan fingerprint density at radius 2 is 1.64 bits per heavy atom. The number of para-hydroxylation sites is 1. The number of anilines is 1. The quantitative estimate of drug-likeness (QED) is 0.765. The molecule has 0 N–H and O–H groups in total. The molecule has 1 saturated carbocycles. The lowest BCUT2D eigenvalue weighted by atomic mass is 9.87. The van der Waals surface area contributed by atoms with Crippen molar-refractivity contribution in [3.8, 4) is 0 Å². The van der Waals surface area contributed by atoms with E-state index < -0.39 is 0 Å². The summed E-state index contributed by atoms with van der Waals surface area (Å²) in [4.78, 5) is 18.2. The maximum Gasteiger partial charge on any atom is 0.258 e. The minimum absolute atomic E-state index is 0.0652. The molecule has 2 aromatic carbocycles. The van der Waals surface area contributed by atoms with Gasteiger partial charge in [0.1, 0.15) is 6.17 Å². The number of amides is 1. The number of hydrogen-bond donors (Lipinski definition) is 0. The molecule has 1 unspecified atom stereocenters. The van der Waals surface area contributed by atoms with E-state index in [2.05, 4.69) is 46.2 Å². The number of rotatable bonds is 1. The standard InChI is InChI=1S/C22H24N2O/c25-22-19-12-6-7-13-20(19)23-15-14-16-8-4-5-11-18(16)21(23)24(22)17-9-2-1-3-10-17/h4-8,11-13,17,21H,1-3,9-10,14-15H2. The first-order valence-corrected chi connectivity index (χ1v) is 9.61. The van der Waals surface area contributed by atoms with Gasteiger partial charge in [0.05, 0.1) is 11.3 Å². The number of benzene rings is 2. The van der Waals surface area contributed by atoms with Crippen molar-refractivity contribution in [2.24, 2.45) is 0 Å². The summed E-state index contributed by atoms with van der Waals surface area (Å²) in [6.07, 6.45) is 7.18. The number of carbonyl (C=O) groups is 1. The minimum atomic E-state index is 0.0652. The van der Waals surface area contributed by atoms with E-state index in [1.165, 1.54) is 30.4 Å². The van der Waals surface area contributed by atoms with Gasteiger partial charge in [0, 0.05) is 12.6 Å². The van der Waals surface area contributed by atoms with Crippen LogP contribution in [0.15, 0.2) is 48.5 Å². The lowest BCUT2D eigenvalue weighted by Gasteiger charge is -2.52. The third-order valence-electron chi connectivity index (χ3n) is 6.16. The molecule has 5 rings (SSSR count). The van der Waals surface area contributed by atoms with Crippen molar-refractivity contribution in [1.82, 2.24) is 4.90 Å². The van der Waals surface area contributed by atoms with Crippen LogP contribution >= 0.6 is 0 Å². The fourth-order valence-electron chi connectivity index (χ4n) is 4.98. The monoisotopic (exact) mass is 332 g/mol. The molecule has 3 aliphatic rings. The van der Waals surface area contributed by atoms with Crippen LogP contribution < -0.4 is 4.90 Å². The molecule has 0 bridgehead atoms. The summed E-state index contributed by atoms with van der Waals surface area (Å²) in [7, 11) is 0. The van der Waals surface area contributed by atoms with Crippen molar-refractivity contribution >= 4 is 11.6 Å². The van der Waals surface area contributed by atoms with E-state index in [9.17, 15) is 4.79 Å². The van der Waals surface area contributed by atoms with Crippen LogP contribution in [0.3, 0.4) is 0 Å². The van der Waals surface area contributed by atoms with E-state index in [1.807, 2.05) is 12.1 Å². The predicted octanol–water partition coefficient (Wildman–Crippen LogP) is 4.54. The van der Waals surface area contributed by atoms with Gasteiger partial charge in [0.2, 0.25) is 0 Å². The zero-order valence-corrected chi connectivity index (χ0v) is 14.5. The first-order valence-electron chi connectivity index (χ1n) is 9.61. The van der Waals surface area contributed by atoms with Crippen molar-refractivity contribution in [3.05, 3.63) is 65.2 Å². The molecule has 3 heteroatoms. The molecule has 128 valence electrons. The molecular weight excluding hydrogens is 308 g/mol. The maximum atomic E-state index is 13.5. The summed E-state index contributed by atoms with van der Waals surface area (Å²) in [5.41, 5.74) is 4.71. The normalized spacial score (nSPS) is 23.0. The highest BCUT2D eigenvalue weighted by molar-refractivity contribution is 6.02. The van der Waals surface area contributed by atoms with Gasteiger partial charge in [-0.1, -0.05) is 55.7 Å². The average Bonchev–Trinajstić information content (AvgIpc) is 2.69. The Bertz CT molecular complexity index is 809. The largest absolute Gasteiger partial charge is 0.346 e. The summed E-state index contributed by atoms with van der Waals surface area (Å²) >= 11 is 0. The van der Waals surface area contributed by atoms with Crippen LogP contribution in [0.1, 0.15) is 59.8 Å². The molecule has 1 amide bonds. The van der Waals surface area contributed by atoms with E-state index >= 15 is 0 Å². The van der Waals surface area contributed by atoms with Crippen molar-refractivity contribution in [1.29, 1.82) is 0 Å². The highest BCUT2D eigenvalue weighted by Crippen LogP contribution is 2.44. The Kier molecular flexibility index (Phi) is 3.54. The van der Waals surface area contributed by atoms with Gasteiger partial charge in [-0.05, 0) is 42.5 Å². The molecule has 2 aliphatic heterocycles. The van der Waals surface area contributed by atoms with Crippen molar-refractivity contribution in [2.75, 3.05) is 11.4 Å². The molecule has 2 aromatic rings. The lowest BCUT2D eigenvalue weighted by Crippen LogP contribution is -2.56. The molecule has 25 heavy (non-hydrogen) atoms. The Hall–Kier alpha value is -2.29. The first kappa shape index (κ1) is 15.0. The second-order valence-corrected chi connectivity index (χ2v) is 7.54. The smallest absolute Gasteiger partial charge is 0.258 e.